The Balaban J connectivity index is 2.19. The van der Waals surface area contributed by atoms with Crippen molar-refractivity contribution in [2.24, 2.45) is 0 Å². The van der Waals surface area contributed by atoms with Gasteiger partial charge in [0.1, 0.15) is 0 Å². The Morgan fingerprint density at radius 1 is 1.08 bits per heavy atom. The van der Waals surface area contributed by atoms with Crippen LogP contribution in [0.3, 0.4) is 0 Å². The van der Waals surface area contributed by atoms with E-state index < -0.39 is 0 Å². The Bertz CT molecular complexity index is 262. The van der Waals surface area contributed by atoms with Crippen molar-refractivity contribution >= 4 is 0 Å². The summed E-state index contributed by atoms with van der Waals surface area (Å²) in [6.45, 7) is 0. The molecule has 61 valence electrons. The van der Waals surface area contributed by atoms with E-state index >= 15 is 0 Å². The van der Waals surface area contributed by atoms with Crippen molar-refractivity contribution in [1.29, 1.82) is 0 Å². The topological polar surface area (TPSA) is 0 Å². The second kappa shape index (κ2) is 2.35. The molecule has 1 saturated carbocycles. The standard InChI is InChI=1S/C12H13/c1-2-4-12-10-7-5-9(6-8-10)11(12)3-1/h1-3,9-10H,5-8H2. The molecule has 0 aliphatic heterocycles. The summed E-state index contributed by atoms with van der Waals surface area (Å²) >= 11 is 0. The Morgan fingerprint density at radius 2 is 1.83 bits per heavy atom. The number of hydrogen-bond donors (Lipinski definition) is 0. The van der Waals surface area contributed by atoms with E-state index in [1.807, 2.05) is 0 Å². The first-order valence-corrected chi connectivity index (χ1v) is 4.95. The summed E-state index contributed by atoms with van der Waals surface area (Å²) in [6.07, 6.45) is 5.68. The number of benzene rings is 1. The summed E-state index contributed by atoms with van der Waals surface area (Å²) < 4.78 is 0. The average Bonchev–Trinajstić information content (AvgIpc) is 2.20. The molecular formula is C12H13. The number of rotatable bonds is 0. The van der Waals surface area contributed by atoms with Crippen LogP contribution in [0.1, 0.15) is 48.6 Å². The maximum absolute atomic E-state index is 3.42. The van der Waals surface area contributed by atoms with Gasteiger partial charge in [-0.15, -0.1) is 0 Å². The summed E-state index contributed by atoms with van der Waals surface area (Å²) in [5.74, 6) is 1.73. The van der Waals surface area contributed by atoms with Gasteiger partial charge < -0.3 is 0 Å². The predicted molar refractivity (Wildman–Crippen MR) is 49.2 cm³/mol. The highest BCUT2D eigenvalue weighted by atomic mass is 14.4. The van der Waals surface area contributed by atoms with Crippen molar-refractivity contribution in [3.63, 3.8) is 0 Å². The first kappa shape index (κ1) is 6.71. The van der Waals surface area contributed by atoms with Gasteiger partial charge in [0.15, 0.2) is 0 Å². The minimum absolute atomic E-state index is 0.853. The van der Waals surface area contributed by atoms with Crippen molar-refractivity contribution in [1.82, 2.24) is 0 Å². The van der Waals surface area contributed by atoms with Crippen molar-refractivity contribution in [3.05, 3.63) is 35.4 Å². The molecule has 0 spiro atoms. The Hall–Kier alpha value is -0.780. The molecule has 0 N–H and O–H groups in total. The van der Waals surface area contributed by atoms with Gasteiger partial charge in [0.25, 0.3) is 0 Å². The van der Waals surface area contributed by atoms with E-state index in [4.69, 9.17) is 0 Å². The van der Waals surface area contributed by atoms with Crippen LogP contribution in [0, 0.1) is 6.07 Å². The second-order valence-corrected chi connectivity index (χ2v) is 4.09. The lowest BCUT2D eigenvalue weighted by atomic mass is 9.67. The smallest absolute Gasteiger partial charge is 0.0143 e. The summed E-state index contributed by atoms with van der Waals surface area (Å²) in [4.78, 5) is 0. The lowest BCUT2D eigenvalue weighted by Gasteiger charge is -2.37. The normalized spacial score (nSPS) is 31.7. The quantitative estimate of drug-likeness (QED) is 0.542. The molecule has 0 saturated heterocycles. The Morgan fingerprint density at radius 3 is 2.58 bits per heavy atom. The molecule has 0 atom stereocenters. The van der Waals surface area contributed by atoms with Crippen LogP contribution in [0.2, 0.25) is 0 Å². The van der Waals surface area contributed by atoms with Crippen LogP contribution in [0.5, 0.6) is 0 Å². The summed E-state index contributed by atoms with van der Waals surface area (Å²) in [5, 5.41) is 0. The van der Waals surface area contributed by atoms with Crippen LogP contribution in [-0.4, -0.2) is 0 Å². The molecule has 1 radical (unpaired) electrons. The fourth-order valence-electron chi connectivity index (χ4n) is 2.87. The van der Waals surface area contributed by atoms with Gasteiger partial charge in [-0.25, -0.2) is 0 Å². The molecule has 4 rings (SSSR count). The van der Waals surface area contributed by atoms with Gasteiger partial charge in [0.05, 0.1) is 0 Å². The zero-order valence-electron chi connectivity index (χ0n) is 7.22. The molecule has 0 heteroatoms. The maximum atomic E-state index is 3.42. The van der Waals surface area contributed by atoms with Gasteiger partial charge in [-0.1, -0.05) is 18.2 Å². The highest BCUT2D eigenvalue weighted by Gasteiger charge is 2.32. The molecule has 1 aromatic carbocycles. The van der Waals surface area contributed by atoms with Gasteiger partial charge in [-0.3, -0.25) is 0 Å². The molecule has 3 aliphatic carbocycles. The summed E-state index contributed by atoms with van der Waals surface area (Å²) in [6, 6.07) is 9.94. The third kappa shape index (κ3) is 0.782. The zero-order valence-corrected chi connectivity index (χ0v) is 7.22. The molecule has 2 bridgehead atoms. The number of fused-ring (bicyclic) bond motifs is 2. The fraction of sp³-hybridized carbons (Fsp3) is 0.500. The van der Waals surface area contributed by atoms with Crippen LogP contribution in [-0.2, 0) is 0 Å². The molecule has 0 aromatic heterocycles. The number of hydrogen-bond acceptors (Lipinski definition) is 0. The fourth-order valence-corrected chi connectivity index (χ4v) is 2.87. The second-order valence-electron chi connectivity index (χ2n) is 4.09. The Labute approximate surface area is 73.6 Å². The van der Waals surface area contributed by atoms with Crippen LogP contribution in [0.15, 0.2) is 18.2 Å². The molecule has 0 amide bonds. The Kier molecular flexibility index (Phi) is 1.31. The molecule has 0 unspecified atom stereocenters. The molecule has 12 heavy (non-hydrogen) atoms. The molecule has 0 nitrogen and oxygen atoms in total. The third-order valence-electron chi connectivity index (χ3n) is 3.50. The van der Waals surface area contributed by atoms with Crippen molar-refractivity contribution in [3.8, 4) is 0 Å². The lowest BCUT2D eigenvalue weighted by molar-refractivity contribution is 0.358. The minimum atomic E-state index is 0.853. The predicted octanol–water partition coefficient (Wildman–Crippen LogP) is 3.24. The van der Waals surface area contributed by atoms with E-state index in [1.165, 1.54) is 25.7 Å². The maximum Gasteiger partial charge on any atom is -0.0143 e. The van der Waals surface area contributed by atoms with Crippen LogP contribution < -0.4 is 0 Å². The van der Waals surface area contributed by atoms with Gasteiger partial charge >= 0.3 is 0 Å². The van der Waals surface area contributed by atoms with E-state index in [1.54, 1.807) is 11.1 Å². The van der Waals surface area contributed by atoms with E-state index in [2.05, 4.69) is 24.3 Å². The molecular weight excluding hydrogens is 144 g/mol. The highest BCUT2D eigenvalue weighted by Crippen LogP contribution is 2.48. The van der Waals surface area contributed by atoms with Crippen molar-refractivity contribution in [2.75, 3.05) is 0 Å². The molecule has 1 aromatic rings. The van der Waals surface area contributed by atoms with E-state index in [0.717, 1.165) is 11.8 Å². The summed E-state index contributed by atoms with van der Waals surface area (Å²) in [5.41, 5.74) is 3.15. The van der Waals surface area contributed by atoms with Gasteiger partial charge in [0.2, 0.25) is 0 Å². The highest BCUT2D eigenvalue weighted by molar-refractivity contribution is 5.37. The van der Waals surface area contributed by atoms with Crippen molar-refractivity contribution < 1.29 is 0 Å². The third-order valence-corrected chi connectivity index (χ3v) is 3.50. The van der Waals surface area contributed by atoms with Crippen LogP contribution in [0.25, 0.3) is 0 Å². The monoisotopic (exact) mass is 157 g/mol. The molecule has 3 aliphatic rings. The molecule has 1 fully saturated rings. The summed E-state index contributed by atoms with van der Waals surface area (Å²) in [7, 11) is 0. The SMILES string of the molecule is [c]1cccc2c1C1CCC2CC1. The van der Waals surface area contributed by atoms with E-state index in [0.29, 0.717) is 0 Å². The van der Waals surface area contributed by atoms with Crippen LogP contribution >= 0.6 is 0 Å². The first-order chi connectivity index (χ1) is 5.95. The van der Waals surface area contributed by atoms with Gasteiger partial charge in [-0.05, 0) is 54.7 Å². The average molecular weight is 157 g/mol. The zero-order chi connectivity index (χ0) is 7.97. The van der Waals surface area contributed by atoms with Gasteiger partial charge in [-0.2, -0.15) is 0 Å². The van der Waals surface area contributed by atoms with E-state index in [9.17, 15) is 0 Å². The van der Waals surface area contributed by atoms with Crippen LogP contribution in [0.4, 0.5) is 0 Å². The van der Waals surface area contributed by atoms with Gasteiger partial charge in [0, 0.05) is 0 Å². The minimum Gasteiger partial charge on any atom is -0.0613 e. The van der Waals surface area contributed by atoms with Crippen molar-refractivity contribution in [2.45, 2.75) is 37.5 Å². The molecule has 0 heterocycles. The largest absolute Gasteiger partial charge is 0.0613 e. The lowest BCUT2D eigenvalue weighted by Crippen LogP contribution is -2.21. The van der Waals surface area contributed by atoms with E-state index in [-0.39, 0.29) is 0 Å². The first-order valence-electron chi connectivity index (χ1n) is 4.95.